The van der Waals surface area contributed by atoms with Crippen molar-refractivity contribution >= 4 is 35.2 Å². The summed E-state index contributed by atoms with van der Waals surface area (Å²) in [6.07, 6.45) is 5.72. The summed E-state index contributed by atoms with van der Waals surface area (Å²) >= 11 is 1.85. The van der Waals surface area contributed by atoms with Gasteiger partial charge in [0, 0.05) is 23.1 Å². The van der Waals surface area contributed by atoms with Crippen molar-refractivity contribution in [1.29, 1.82) is 0 Å². The van der Waals surface area contributed by atoms with E-state index in [0.717, 1.165) is 10.6 Å². The van der Waals surface area contributed by atoms with Crippen molar-refractivity contribution in [3.8, 4) is 0 Å². The number of hydrogen-bond donors (Lipinski definition) is 1. The van der Waals surface area contributed by atoms with Crippen LogP contribution in [0.4, 0.5) is 5.69 Å². The molecule has 5 nitrogen and oxygen atoms in total. The van der Waals surface area contributed by atoms with Crippen LogP contribution in [-0.2, 0) is 4.79 Å². The fourth-order valence-electron chi connectivity index (χ4n) is 3.91. The van der Waals surface area contributed by atoms with Gasteiger partial charge in [-0.1, -0.05) is 37.1 Å². The molecule has 1 saturated carbocycles. The molecular formula is C23H24N2O3S. The number of nitrogens with zero attached hydrogens (tertiary/aromatic N) is 1. The zero-order valence-electron chi connectivity index (χ0n) is 16.2. The fourth-order valence-corrected chi connectivity index (χ4v) is 5.24. The van der Waals surface area contributed by atoms with E-state index in [1.807, 2.05) is 30.0 Å². The quantitative estimate of drug-likeness (QED) is 0.672. The van der Waals surface area contributed by atoms with E-state index >= 15 is 0 Å². The molecule has 29 heavy (non-hydrogen) atoms. The Morgan fingerprint density at radius 1 is 0.966 bits per heavy atom. The first-order chi connectivity index (χ1) is 14.1. The number of para-hydroxylation sites is 1. The molecule has 0 bridgehead atoms. The SMILES string of the molecule is O=C(CCCN1C(=O)c2ccccc2C1=O)Nc1ccccc1SC1CCCC1. The van der Waals surface area contributed by atoms with Gasteiger partial charge in [0.05, 0.1) is 16.8 Å². The molecule has 1 heterocycles. The maximum atomic E-state index is 12.4. The number of imide groups is 1. The number of amides is 3. The molecule has 2 aromatic rings. The molecule has 6 heteroatoms. The second kappa shape index (κ2) is 8.82. The smallest absolute Gasteiger partial charge is 0.261 e. The maximum absolute atomic E-state index is 12.4. The van der Waals surface area contributed by atoms with Crippen LogP contribution in [0.2, 0.25) is 0 Å². The highest BCUT2D eigenvalue weighted by atomic mass is 32.2. The molecule has 1 N–H and O–H groups in total. The van der Waals surface area contributed by atoms with E-state index in [1.165, 1.54) is 30.6 Å². The van der Waals surface area contributed by atoms with Crippen LogP contribution in [0.15, 0.2) is 53.4 Å². The second-order valence-corrected chi connectivity index (χ2v) is 8.82. The Morgan fingerprint density at radius 3 is 2.28 bits per heavy atom. The van der Waals surface area contributed by atoms with E-state index in [4.69, 9.17) is 0 Å². The number of fused-ring (bicyclic) bond motifs is 1. The van der Waals surface area contributed by atoms with Gasteiger partial charge < -0.3 is 5.32 Å². The van der Waals surface area contributed by atoms with Gasteiger partial charge in [0.25, 0.3) is 11.8 Å². The molecule has 0 aromatic heterocycles. The highest BCUT2D eigenvalue weighted by Crippen LogP contribution is 2.38. The van der Waals surface area contributed by atoms with Gasteiger partial charge in [-0.3, -0.25) is 19.3 Å². The summed E-state index contributed by atoms with van der Waals surface area (Å²) in [5.74, 6) is -0.644. The van der Waals surface area contributed by atoms with Gasteiger partial charge in [-0.15, -0.1) is 11.8 Å². The summed E-state index contributed by atoms with van der Waals surface area (Å²) in [7, 11) is 0. The van der Waals surface area contributed by atoms with Crippen LogP contribution in [0.1, 0.15) is 59.2 Å². The molecule has 3 amide bonds. The molecule has 4 rings (SSSR count). The zero-order valence-corrected chi connectivity index (χ0v) is 17.0. The van der Waals surface area contributed by atoms with Gasteiger partial charge in [0.1, 0.15) is 0 Å². The molecule has 0 radical (unpaired) electrons. The van der Waals surface area contributed by atoms with Crippen LogP contribution in [0.5, 0.6) is 0 Å². The van der Waals surface area contributed by atoms with Crippen molar-refractivity contribution in [1.82, 2.24) is 4.90 Å². The van der Waals surface area contributed by atoms with Crippen molar-refractivity contribution in [2.75, 3.05) is 11.9 Å². The topological polar surface area (TPSA) is 66.5 Å². The summed E-state index contributed by atoms with van der Waals surface area (Å²) in [6, 6.07) is 14.7. The Kier molecular flexibility index (Phi) is 6.00. The average molecular weight is 409 g/mol. The van der Waals surface area contributed by atoms with Crippen LogP contribution in [0.25, 0.3) is 0 Å². The summed E-state index contributed by atoms with van der Waals surface area (Å²) in [5.41, 5.74) is 1.73. The maximum Gasteiger partial charge on any atom is 0.261 e. The van der Waals surface area contributed by atoms with E-state index in [9.17, 15) is 14.4 Å². The second-order valence-electron chi connectivity index (χ2n) is 7.48. The van der Waals surface area contributed by atoms with Crippen molar-refractivity contribution in [2.45, 2.75) is 48.7 Å². The molecule has 1 fully saturated rings. The highest BCUT2D eigenvalue weighted by Gasteiger charge is 2.34. The van der Waals surface area contributed by atoms with Gasteiger partial charge in [0.2, 0.25) is 5.91 Å². The Balaban J connectivity index is 1.30. The van der Waals surface area contributed by atoms with Crippen LogP contribution in [0.3, 0.4) is 0 Å². The number of thioether (sulfide) groups is 1. The Bertz CT molecular complexity index is 902. The fraction of sp³-hybridized carbons (Fsp3) is 0.348. The first kappa shape index (κ1) is 19.7. The number of anilines is 1. The van der Waals surface area contributed by atoms with Gasteiger partial charge >= 0.3 is 0 Å². The minimum Gasteiger partial charge on any atom is -0.325 e. The lowest BCUT2D eigenvalue weighted by molar-refractivity contribution is -0.116. The van der Waals surface area contributed by atoms with E-state index in [-0.39, 0.29) is 30.7 Å². The largest absolute Gasteiger partial charge is 0.325 e. The third-order valence-corrected chi connectivity index (χ3v) is 6.84. The van der Waals surface area contributed by atoms with E-state index in [2.05, 4.69) is 11.4 Å². The minimum atomic E-state index is -0.274. The predicted octanol–water partition coefficient (Wildman–Crippen LogP) is 4.74. The number of rotatable bonds is 7. The van der Waals surface area contributed by atoms with E-state index in [1.54, 1.807) is 24.3 Å². The molecule has 2 aromatic carbocycles. The Hall–Kier alpha value is -2.60. The third kappa shape index (κ3) is 4.37. The Labute approximate surface area is 174 Å². The molecule has 1 aliphatic heterocycles. The molecule has 150 valence electrons. The monoisotopic (exact) mass is 408 g/mol. The first-order valence-electron chi connectivity index (χ1n) is 10.1. The zero-order chi connectivity index (χ0) is 20.2. The summed E-state index contributed by atoms with van der Waals surface area (Å²) < 4.78 is 0. The van der Waals surface area contributed by atoms with E-state index < -0.39 is 0 Å². The molecule has 0 unspecified atom stereocenters. The van der Waals surface area contributed by atoms with Crippen LogP contribution >= 0.6 is 11.8 Å². The molecule has 2 aliphatic rings. The van der Waals surface area contributed by atoms with Crippen LogP contribution in [-0.4, -0.2) is 34.4 Å². The summed E-state index contributed by atoms with van der Waals surface area (Å²) in [5, 5.41) is 3.63. The minimum absolute atomic E-state index is 0.0962. The van der Waals surface area contributed by atoms with Crippen LogP contribution in [0, 0.1) is 0 Å². The highest BCUT2D eigenvalue weighted by molar-refractivity contribution is 8.00. The van der Waals surface area contributed by atoms with Crippen molar-refractivity contribution in [2.24, 2.45) is 0 Å². The standard InChI is InChI=1S/C23H24N2O3S/c26-21(24-19-12-5-6-13-20(19)29-16-8-1-2-9-16)14-7-15-25-22(27)17-10-3-4-11-18(17)23(25)28/h3-6,10-13,16H,1-2,7-9,14-15H2,(H,24,26). The molecule has 0 atom stereocenters. The average Bonchev–Trinajstić information content (AvgIpc) is 3.32. The lowest BCUT2D eigenvalue weighted by Crippen LogP contribution is -2.31. The lowest BCUT2D eigenvalue weighted by atomic mass is 10.1. The molecule has 1 aliphatic carbocycles. The van der Waals surface area contributed by atoms with Crippen molar-refractivity contribution in [3.05, 3.63) is 59.7 Å². The first-order valence-corrected chi connectivity index (χ1v) is 11.0. The predicted molar refractivity (Wildman–Crippen MR) is 114 cm³/mol. The Morgan fingerprint density at radius 2 is 1.59 bits per heavy atom. The number of nitrogens with one attached hydrogen (secondary N) is 1. The normalized spacial score (nSPS) is 16.3. The lowest BCUT2D eigenvalue weighted by Gasteiger charge is -2.15. The van der Waals surface area contributed by atoms with Crippen LogP contribution < -0.4 is 5.32 Å². The third-order valence-electron chi connectivity index (χ3n) is 5.42. The van der Waals surface area contributed by atoms with Crippen molar-refractivity contribution in [3.63, 3.8) is 0 Å². The van der Waals surface area contributed by atoms with Gasteiger partial charge in [-0.25, -0.2) is 0 Å². The number of benzene rings is 2. The number of hydrogen-bond acceptors (Lipinski definition) is 4. The number of carbonyl (C=O) groups excluding carboxylic acids is 3. The van der Waals surface area contributed by atoms with Gasteiger partial charge in [0.15, 0.2) is 0 Å². The van der Waals surface area contributed by atoms with Crippen molar-refractivity contribution < 1.29 is 14.4 Å². The van der Waals surface area contributed by atoms with Gasteiger partial charge in [-0.2, -0.15) is 0 Å². The molecular weight excluding hydrogens is 384 g/mol. The number of carbonyl (C=O) groups is 3. The van der Waals surface area contributed by atoms with Gasteiger partial charge in [-0.05, 0) is 43.5 Å². The van der Waals surface area contributed by atoms with E-state index in [0.29, 0.717) is 22.8 Å². The summed E-state index contributed by atoms with van der Waals surface area (Å²) in [4.78, 5) is 39.6. The molecule has 0 saturated heterocycles. The summed E-state index contributed by atoms with van der Waals surface area (Å²) in [6.45, 7) is 0.248. The molecule has 0 spiro atoms.